The molecule has 1 aliphatic rings. The second-order valence-corrected chi connectivity index (χ2v) is 5.16. The van der Waals surface area contributed by atoms with Crippen LogP contribution in [0.15, 0.2) is 18.2 Å². The van der Waals surface area contributed by atoms with Crippen molar-refractivity contribution < 1.29 is 4.74 Å². The van der Waals surface area contributed by atoms with Gasteiger partial charge in [-0.15, -0.1) is 0 Å². The highest BCUT2D eigenvalue weighted by molar-refractivity contribution is 5.40. The average Bonchev–Trinajstić information content (AvgIpc) is 2.39. The van der Waals surface area contributed by atoms with E-state index < -0.39 is 0 Å². The Morgan fingerprint density at radius 3 is 2.71 bits per heavy atom. The smallest absolute Gasteiger partial charge is 0.123 e. The van der Waals surface area contributed by atoms with Crippen LogP contribution in [0.4, 0.5) is 0 Å². The molecule has 1 heterocycles. The summed E-state index contributed by atoms with van der Waals surface area (Å²) in [6.07, 6.45) is 3.83. The molecule has 2 nitrogen and oxygen atoms in total. The quantitative estimate of drug-likeness (QED) is 0.860. The minimum atomic E-state index is 0.472. The SMILES string of the molecule is COc1cc(C(C)C)ccc1C1CCCCN1. The molecule has 2 heteroatoms. The first-order valence-corrected chi connectivity index (χ1v) is 6.63. The fraction of sp³-hybridized carbons (Fsp3) is 0.600. The van der Waals surface area contributed by atoms with E-state index in [1.54, 1.807) is 7.11 Å². The molecule has 1 saturated heterocycles. The van der Waals surface area contributed by atoms with E-state index in [1.165, 1.54) is 30.4 Å². The Balaban J connectivity index is 2.26. The maximum atomic E-state index is 5.55. The van der Waals surface area contributed by atoms with E-state index in [0.29, 0.717) is 12.0 Å². The van der Waals surface area contributed by atoms with Gasteiger partial charge in [0, 0.05) is 11.6 Å². The molecule has 1 N–H and O–H groups in total. The molecule has 0 aromatic heterocycles. The fourth-order valence-corrected chi connectivity index (χ4v) is 2.49. The van der Waals surface area contributed by atoms with E-state index in [-0.39, 0.29) is 0 Å². The van der Waals surface area contributed by atoms with Gasteiger partial charge in [0.05, 0.1) is 7.11 Å². The van der Waals surface area contributed by atoms with E-state index in [4.69, 9.17) is 4.74 Å². The lowest BCUT2D eigenvalue weighted by molar-refractivity contribution is 0.373. The van der Waals surface area contributed by atoms with E-state index in [2.05, 4.69) is 37.4 Å². The zero-order valence-corrected chi connectivity index (χ0v) is 11.1. The Hall–Kier alpha value is -1.02. The molecular weight excluding hydrogens is 210 g/mol. The molecule has 0 aliphatic carbocycles. The van der Waals surface area contributed by atoms with E-state index in [9.17, 15) is 0 Å². The van der Waals surface area contributed by atoms with Crippen LogP contribution in [0, 0.1) is 0 Å². The van der Waals surface area contributed by atoms with Gasteiger partial charge in [0.2, 0.25) is 0 Å². The van der Waals surface area contributed by atoms with Gasteiger partial charge < -0.3 is 10.1 Å². The number of piperidine rings is 1. The first-order valence-electron chi connectivity index (χ1n) is 6.63. The van der Waals surface area contributed by atoms with Crippen molar-refractivity contribution in [1.82, 2.24) is 5.32 Å². The Bertz CT molecular complexity index is 367. The minimum absolute atomic E-state index is 0.472. The molecule has 0 amide bonds. The highest BCUT2D eigenvalue weighted by Crippen LogP contribution is 2.32. The number of methoxy groups -OCH3 is 1. The van der Waals surface area contributed by atoms with E-state index in [1.807, 2.05) is 0 Å². The monoisotopic (exact) mass is 233 g/mol. The summed E-state index contributed by atoms with van der Waals surface area (Å²) >= 11 is 0. The number of benzene rings is 1. The molecule has 1 aromatic carbocycles. The van der Waals surface area contributed by atoms with Crippen molar-refractivity contribution in [2.45, 2.75) is 45.1 Å². The van der Waals surface area contributed by atoms with Crippen molar-refractivity contribution in [2.24, 2.45) is 0 Å². The fourth-order valence-electron chi connectivity index (χ4n) is 2.49. The number of rotatable bonds is 3. The van der Waals surface area contributed by atoms with Crippen LogP contribution in [0.5, 0.6) is 5.75 Å². The third kappa shape index (κ3) is 2.81. The lowest BCUT2D eigenvalue weighted by Crippen LogP contribution is -2.27. The van der Waals surface area contributed by atoms with Crippen molar-refractivity contribution in [1.29, 1.82) is 0 Å². The first-order chi connectivity index (χ1) is 8.22. The summed E-state index contributed by atoms with van der Waals surface area (Å²) in [5.41, 5.74) is 2.66. The largest absolute Gasteiger partial charge is 0.496 e. The maximum absolute atomic E-state index is 5.55. The zero-order chi connectivity index (χ0) is 12.3. The maximum Gasteiger partial charge on any atom is 0.123 e. The summed E-state index contributed by atoms with van der Waals surface area (Å²) in [5, 5.41) is 3.58. The highest BCUT2D eigenvalue weighted by atomic mass is 16.5. The Morgan fingerprint density at radius 2 is 2.12 bits per heavy atom. The second kappa shape index (κ2) is 5.54. The predicted molar refractivity (Wildman–Crippen MR) is 71.7 cm³/mol. The van der Waals surface area contributed by atoms with Gasteiger partial charge in [-0.05, 0) is 36.9 Å². The van der Waals surface area contributed by atoms with Crippen molar-refractivity contribution in [3.8, 4) is 5.75 Å². The van der Waals surface area contributed by atoms with Crippen LogP contribution in [0.3, 0.4) is 0 Å². The third-order valence-corrected chi connectivity index (χ3v) is 3.61. The van der Waals surface area contributed by atoms with Crippen LogP contribution < -0.4 is 10.1 Å². The van der Waals surface area contributed by atoms with Gasteiger partial charge in [-0.3, -0.25) is 0 Å². The molecule has 0 saturated carbocycles. The average molecular weight is 233 g/mol. The van der Waals surface area contributed by atoms with Gasteiger partial charge in [0.1, 0.15) is 5.75 Å². The molecule has 0 radical (unpaired) electrons. The zero-order valence-electron chi connectivity index (χ0n) is 11.1. The summed E-state index contributed by atoms with van der Waals surface area (Å²) in [6.45, 7) is 5.56. The Labute approximate surface area is 104 Å². The van der Waals surface area contributed by atoms with E-state index >= 15 is 0 Å². The van der Waals surface area contributed by atoms with Crippen LogP contribution in [-0.4, -0.2) is 13.7 Å². The lowest BCUT2D eigenvalue weighted by Gasteiger charge is -2.26. The van der Waals surface area contributed by atoms with Crippen LogP contribution in [0.25, 0.3) is 0 Å². The van der Waals surface area contributed by atoms with Crippen molar-refractivity contribution in [3.63, 3.8) is 0 Å². The molecule has 1 aliphatic heterocycles. The summed E-state index contributed by atoms with van der Waals surface area (Å²) in [4.78, 5) is 0. The minimum Gasteiger partial charge on any atom is -0.496 e. The normalized spacial score (nSPS) is 20.6. The number of hydrogen-bond acceptors (Lipinski definition) is 2. The highest BCUT2D eigenvalue weighted by Gasteiger charge is 2.18. The van der Waals surface area contributed by atoms with Crippen LogP contribution in [0.1, 0.15) is 56.2 Å². The van der Waals surface area contributed by atoms with Gasteiger partial charge in [-0.2, -0.15) is 0 Å². The third-order valence-electron chi connectivity index (χ3n) is 3.61. The molecule has 94 valence electrons. The predicted octanol–water partition coefficient (Wildman–Crippen LogP) is 3.63. The Kier molecular flexibility index (Phi) is 4.06. The molecule has 1 fully saturated rings. The first kappa shape index (κ1) is 12.4. The number of hydrogen-bond donors (Lipinski definition) is 1. The van der Waals surface area contributed by atoms with Crippen molar-refractivity contribution in [2.75, 3.05) is 13.7 Å². The van der Waals surface area contributed by atoms with Crippen molar-refractivity contribution >= 4 is 0 Å². The topological polar surface area (TPSA) is 21.3 Å². The molecule has 1 unspecified atom stereocenters. The lowest BCUT2D eigenvalue weighted by atomic mass is 9.93. The number of nitrogens with one attached hydrogen (secondary N) is 1. The molecular formula is C15H23NO. The molecule has 0 spiro atoms. The van der Waals surface area contributed by atoms with Gasteiger partial charge in [0.25, 0.3) is 0 Å². The second-order valence-electron chi connectivity index (χ2n) is 5.16. The number of ether oxygens (including phenoxy) is 1. The summed E-state index contributed by atoms with van der Waals surface area (Å²) in [7, 11) is 1.77. The molecule has 1 aromatic rings. The molecule has 1 atom stereocenters. The Morgan fingerprint density at radius 1 is 1.29 bits per heavy atom. The summed E-state index contributed by atoms with van der Waals surface area (Å²) in [6, 6.07) is 7.13. The van der Waals surface area contributed by atoms with Gasteiger partial charge in [-0.1, -0.05) is 32.4 Å². The van der Waals surface area contributed by atoms with Crippen molar-refractivity contribution in [3.05, 3.63) is 29.3 Å². The van der Waals surface area contributed by atoms with Gasteiger partial charge >= 0.3 is 0 Å². The van der Waals surface area contributed by atoms with E-state index in [0.717, 1.165) is 12.3 Å². The standard InChI is InChI=1S/C15H23NO/c1-11(2)12-7-8-13(15(10-12)17-3)14-6-4-5-9-16-14/h7-8,10-11,14,16H,4-6,9H2,1-3H3. The van der Waals surface area contributed by atoms with Crippen LogP contribution in [0.2, 0.25) is 0 Å². The summed E-state index contributed by atoms with van der Waals surface area (Å²) in [5.74, 6) is 1.59. The molecule has 0 bridgehead atoms. The summed E-state index contributed by atoms with van der Waals surface area (Å²) < 4.78 is 5.55. The van der Waals surface area contributed by atoms with Gasteiger partial charge in [0.15, 0.2) is 0 Å². The molecule has 17 heavy (non-hydrogen) atoms. The molecule has 2 rings (SSSR count). The van der Waals surface area contributed by atoms with Crippen LogP contribution >= 0.6 is 0 Å². The van der Waals surface area contributed by atoms with Crippen LogP contribution in [-0.2, 0) is 0 Å². The van der Waals surface area contributed by atoms with Gasteiger partial charge in [-0.25, -0.2) is 0 Å².